The molecule has 0 rings (SSSR count). The van der Waals surface area contributed by atoms with Crippen molar-refractivity contribution in [1.82, 2.24) is 0 Å². The fourth-order valence-corrected chi connectivity index (χ4v) is 0.203. The number of rotatable bonds is 3. The Hall–Kier alpha value is -0.700. The van der Waals surface area contributed by atoms with E-state index in [1.54, 1.807) is 6.92 Å². The molecule has 0 amide bonds. The summed E-state index contributed by atoms with van der Waals surface area (Å²) >= 11 is 0. The van der Waals surface area contributed by atoms with Crippen LogP contribution in [-0.4, -0.2) is 17.7 Å². The molecule has 1 N–H and O–H groups in total. The van der Waals surface area contributed by atoms with Crippen LogP contribution in [0.25, 0.3) is 0 Å². The van der Waals surface area contributed by atoms with Crippen molar-refractivity contribution in [2.75, 3.05) is 6.61 Å². The Balaban J connectivity index is 0. The van der Waals surface area contributed by atoms with E-state index in [2.05, 4.69) is 4.74 Å². The standard InChI is InChI=1S/C5H8O3.ClH/c1-2-8-4-3-5(6)7;/h3-4H,2H2,1H3,(H,6,7);1H. The fraction of sp³-hybridized carbons (Fsp3) is 0.400. The van der Waals surface area contributed by atoms with E-state index in [4.69, 9.17) is 5.11 Å². The summed E-state index contributed by atoms with van der Waals surface area (Å²) in [6.45, 7) is 2.29. The number of carboxylic acid groups (broad SMARTS) is 1. The molecular formula is C5H9ClO3. The number of carbonyl (C=O) groups is 1. The summed E-state index contributed by atoms with van der Waals surface area (Å²) in [5.41, 5.74) is 0. The van der Waals surface area contributed by atoms with Crippen molar-refractivity contribution in [3.63, 3.8) is 0 Å². The lowest BCUT2D eigenvalue weighted by molar-refractivity contribution is -0.131. The molecule has 0 atom stereocenters. The molecule has 0 saturated carbocycles. The van der Waals surface area contributed by atoms with Gasteiger partial charge in [0, 0.05) is 0 Å². The van der Waals surface area contributed by atoms with Gasteiger partial charge >= 0.3 is 5.97 Å². The van der Waals surface area contributed by atoms with Gasteiger partial charge in [0.25, 0.3) is 0 Å². The van der Waals surface area contributed by atoms with Crippen LogP contribution in [0.4, 0.5) is 0 Å². The predicted molar refractivity (Wildman–Crippen MR) is 35.6 cm³/mol. The molecule has 0 aliphatic rings. The van der Waals surface area contributed by atoms with Crippen molar-refractivity contribution in [1.29, 1.82) is 0 Å². The molecule has 0 fully saturated rings. The highest BCUT2D eigenvalue weighted by molar-refractivity contribution is 5.85. The van der Waals surface area contributed by atoms with Gasteiger partial charge in [0.15, 0.2) is 0 Å². The minimum absolute atomic E-state index is 0. The van der Waals surface area contributed by atoms with Gasteiger partial charge in [-0.3, -0.25) is 0 Å². The lowest BCUT2D eigenvalue weighted by Gasteiger charge is -1.87. The largest absolute Gasteiger partial charge is 0.501 e. The lowest BCUT2D eigenvalue weighted by atomic mass is 10.6. The second kappa shape index (κ2) is 7.30. The molecular weight excluding hydrogens is 144 g/mol. The van der Waals surface area contributed by atoms with E-state index in [-0.39, 0.29) is 12.4 Å². The molecule has 0 unspecified atom stereocenters. The van der Waals surface area contributed by atoms with Crippen LogP contribution in [0.3, 0.4) is 0 Å². The van der Waals surface area contributed by atoms with Gasteiger partial charge in [0.2, 0.25) is 0 Å². The highest BCUT2D eigenvalue weighted by atomic mass is 35.5. The predicted octanol–water partition coefficient (Wildman–Crippen LogP) is 1.04. The van der Waals surface area contributed by atoms with Gasteiger partial charge in [-0.15, -0.1) is 12.4 Å². The quantitative estimate of drug-likeness (QED) is 0.486. The van der Waals surface area contributed by atoms with Crippen LogP contribution in [0.1, 0.15) is 6.92 Å². The normalized spacial score (nSPS) is 8.56. The monoisotopic (exact) mass is 152 g/mol. The lowest BCUT2D eigenvalue weighted by Crippen LogP contribution is -1.87. The van der Waals surface area contributed by atoms with E-state index >= 15 is 0 Å². The first-order valence-electron chi connectivity index (χ1n) is 2.28. The first-order valence-corrected chi connectivity index (χ1v) is 2.28. The first-order chi connectivity index (χ1) is 3.77. The van der Waals surface area contributed by atoms with Crippen LogP contribution < -0.4 is 0 Å². The molecule has 0 spiro atoms. The molecule has 0 saturated heterocycles. The average Bonchev–Trinajstić information content (AvgIpc) is 1.66. The summed E-state index contributed by atoms with van der Waals surface area (Å²) in [4.78, 5) is 9.71. The van der Waals surface area contributed by atoms with Crippen LogP contribution in [0.5, 0.6) is 0 Å². The van der Waals surface area contributed by atoms with Crippen molar-refractivity contribution in [3.05, 3.63) is 12.3 Å². The van der Waals surface area contributed by atoms with E-state index < -0.39 is 5.97 Å². The van der Waals surface area contributed by atoms with Gasteiger partial charge in [-0.05, 0) is 6.92 Å². The third-order valence-electron chi connectivity index (χ3n) is 0.474. The highest BCUT2D eigenvalue weighted by Crippen LogP contribution is 1.74. The number of carboxylic acids is 1. The van der Waals surface area contributed by atoms with Gasteiger partial charge in [0.05, 0.1) is 18.9 Å². The summed E-state index contributed by atoms with van der Waals surface area (Å²) in [5.74, 6) is -0.988. The molecule has 0 aromatic rings. The molecule has 0 bridgehead atoms. The zero-order valence-electron chi connectivity index (χ0n) is 5.03. The van der Waals surface area contributed by atoms with Crippen LogP contribution in [0.15, 0.2) is 12.3 Å². The van der Waals surface area contributed by atoms with E-state index in [1.807, 2.05) is 0 Å². The number of ether oxygens (including phenoxy) is 1. The zero-order chi connectivity index (χ0) is 6.41. The minimum Gasteiger partial charge on any atom is -0.501 e. The SMILES string of the molecule is CCOC=CC(=O)O.Cl. The molecule has 0 aliphatic heterocycles. The molecule has 4 heteroatoms. The fourth-order valence-electron chi connectivity index (χ4n) is 0.203. The Bertz CT molecular complexity index is 100. The van der Waals surface area contributed by atoms with E-state index in [0.29, 0.717) is 6.61 Å². The molecule has 54 valence electrons. The smallest absolute Gasteiger partial charge is 0.331 e. The first kappa shape index (κ1) is 11.1. The number of hydrogen-bond acceptors (Lipinski definition) is 2. The molecule has 0 heterocycles. The molecule has 0 aromatic heterocycles. The van der Waals surface area contributed by atoms with Gasteiger partial charge < -0.3 is 9.84 Å². The molecule has 9 heavy (non-hydrogen) atoms. The molecule has 0 aliphatic carbocycles. The summed E-state index contributed by atoms with van der Waals surface area (Å²) in [6.07, 6.45) is 2.10. The maximum Gasteiger partial charge on any atom is 0.331 e. The van der Waals surface area contributed by atoms with Gasteiger partial charge in [-0.1, -0.05) is 0 Å². The highest BCUT2D eigenvalue weighted by Gasteiger charge is 1.81. The van der Waals surface area contributed by atoms with Crippen LogP contribution >= 0.6 is 12.4 Å². The summed E-state index contributed by atoms with van der Waals surface area (Å²) in [5, 5.41) is 7.97. The van der Waals surface area contributed by atoms with Crippen molar-refractivity contribution in [3.8, 4) is 0 Å². The number of aliphatic carboxylic acids is 1. The second-order valence-electron chi connectivity index (χ2n) is 1.10. The minimum atomic E-state index is -0.988. The van der Waals surface area contributed by atoms with Gasteiger partial charge in [0.1, 0.15) is 0 Å². The Morgan fingerprint density at radius 2 is 2.33 bits per heavy atom. The van der Waals surface area contributed by atoms with Crippen molar-refractivity contribution < 1.29 is 14.6 Å². The third-order valence-corrected chi connectivity index (χ3v) is 0.474. The molecule has 0 radical (unpaired) electrons. The number of halogens is 1. The van der Waals surface area contributed by atoms with Crippen LogP contribution in [-0.2, 0) is 9.53 Å². The van der Waals surface area contributed by atoms with Crippen molar-refractivity contribution >= 4 is 18.4 Å². The van der Waals surface area contributed by atoms with Crippen molar-refractivity contribution in [2.24, 2.45) is 0 Å². The Morgan fingerprint density at radius 3 is 2.67 bits per heavy atom. The van der Waals surface area contributed by atoms with E-state index in [0.717, 1.165) is 12.3 Å². The van der Waals surface area contributed by atoms with E-state index in [9.17, 15) is 4.79 Å². The molecule has 0 aromatic carbocycles. The van der Waals surface area contributed by atoms with Gasteiger partial charge in [-0.25, -0.2) is 4.79 Å². The molecule has 3 nitrogen and oxygen atoms in total. The Kier molecular flexibility index (Phi) is 9.04. The summed E-state index contributed by atoms with van der Waals surface area (Å²) < 4.78 is 4.58. The summed E-state index contributed by atoms with van der Waals surface area (Å²) in [7, 11) is 0. The van der Waals surface area contributed by atoms with Crippen LogP contribution in [0, 0.1) is 0 Å². The Labute approximate surface area is 59.7 Å². The van der Waals surface area contributed by atoms with E-state index in [1.165, 1.54) is 0 Å². The van der Waals surface area contributed by atoms with Crippen molar-refractivity contribution in [2.45, 2.75) is 6.92 Å². The third kappa shape index (κ3) is 11.1. The van der Waals surface area contributed by atoms with Gasteiger partial charge in [-0.2, -0.15) is 0 Å². The summed E-state index contributed by atoms with van der Waals surface area (Å²) in [6, 6.07) is 0. The maximum atomic E-state index is 9.71. The van der Waals surface area contributed by atoms with Crippen LogP contribution in [0.2, 0.25) is 0 Å². The topological polar surface area (TPSA) is 46.5 Å². The zero-order valence-corrected chi connectivity index (χ0v) is 5.85. The average molecular weight is 153 g/mol. The maximum absolute atomic E-state index is 9.71. The Morgan fingerprint density at radius 1 is 1.78 bits per heavy atom. The number of hydrogen-bond donors (Lipinski definition) is 1. The second-order valence-corrected chi connectivity index (χ2v) is 1.10.